The Balaban J connectivity index is 0.00000341. The van der Waals surface area contributed by atoms with E-state index in [9.17, 15) is 14.4 Å². The number of fused-ring (bicyclic) bond motifs is 1. The van der Waals surface area contributed by atoms with Gasteiger partial charge in [0.25, 0.3) is 5.91 Å². The van der Waals surface area contributed by atoms with E-state index < -0.39 is 17.9 Å². The van der Waals surface area contributed by atoms with E-state index in [1.807, 2.05) is 25.1 Å². The van der Waals surface area contributed by atoms with Crippen LogP contribution in [0.5, 0.6) is 0 Å². The number of halogens is 1. The standard InChI is InChI=1S/C22H26N4O4.ClH/c1-3-26(19-9-6-8-17-16(19)10-11-20(27)25-17)13-14-30-22(29)15(2)24-21(28)18-7-4-5-12-23-18;/h4-9,12,15H,3,10-11,13-14H2,1-2H3,(H,24,28)(H,25,27);1H/t15-;/m0./s1. The van der Waals surface area contributed by atoms with Gasteiger partial charge in [-0.15, -0.1) is 12.4 Å². The molecule has 0 saturated carbocycles. The van der Waals surface area contributed by atoms with E-state index in [0.29, 0.717) is 19.4 Å². The van der Waals surface area contributed by atoms with Crippen molar-refractivity contribution in [2.24, 2.45) is 0 Å². The first-order valence-corrected chi connectivity index (χ1v) is 10.0. The van der Waals surface area contributed by atoms with Crippen LogP contribution in [0.3, 0.4) is 0 Å². The highest BCUT2D eigenvalue weighted by Gasteiger charge is 2.21. The molecule has 0 unspecified atom stereocenters. The molecular formula is C22H27ClN4O4. The molecule has 2 aromatic rings. The van der Waals surface area contributed by atoms with Crippen molar-refractivity contribution in [3.05, 3.63) is 53.9 Å². The van der Waals surface area contributed by atoms with Crippen LogP contribution in [-0.4, -0.2) is 48.5 Å². The van der Waals surface area contributed by atoms with E-state index in [1.54, 1.807) is 25.1 Å². The molecule has 0 bridgehead atoms. The zero-order valence-corrected chi connectivity index (χ0v) is 18.4. The number of aromatic nitrogens is 1. The van der Waals surface area contributed by atoms with E-state index >= 15 is 0 Å². The molecule has 1 aliphatic rings. The Morgan fingerprint density at radius 3 is 2.74 bits per heavy atom. The number of hydrogen-bond acceptors (Lipinski definition) is 6. The van der Waals surface area contributed by atoms with Gasteiger partial charge in [-0.3, -0.25) is 14.6 Å². The van der Waals surface area contributed by atoms with E-state index in [2.05, 4.69) is 20.5 Å². The normalized spacial score (nSPS) is 13.2. The van der Waals surface area contributed by atoms with Crippen LogP contribution in [0.15, 0.2) is 42.6 Å². The van der Waals surface area contributed by atoms with Gasteiger partial charge in [0.1, 0.15) is 18.3 Å². The molecule has 0 radical (unpaired) electrons. The summed E-state index contributed by atoms with van der Waals surface area (Å²) < 4.78 is 5.37. The molecule has 1 aromatic heterocycles. The van der Waals surface area contributed by atoms with Gasteiger partial charge in [-0.25, -0.2) is 4.79 Å². The van der Waals surface area contributed by atoms with Gasteiger partial charge in [0.2, 0.25) is 5.91 Å². The average molecular weight is 447 g/mol. The Morgan fingerprint density at radius 1 is 1.23 bits per heavy atom. The Hall–Kier alpha value is -3.13. The maximum absolute atomic E-state index is 12.3. The Morgan fingerprint density at radius 2 is 2.03 bits per heavy atom. The molecule has 8 nitrogen and oxygen atoms in total. The molecule has 31 heavy (non-hydrogen) atoms. The molecule has 1 aliphatic heterocycles. The third-order valence-corrected chi connectivity index (χ3v) is 4.95. The Bertz CT molecular complexity index is 923. The molecule has 9 heteroatoms. The minimum absolute atomic E-state index is 0. The molecule has 2 amide bonds. The molecule has 1 atom stereocenters. The topological polar surface area (TPSA) is 101 Å². The van der Waals surface area contributed by atoms with E-state index in [0.717, 1.165) is 23.5 Å². The number of pyridine rings is 1. The maximum atomic E-state index is 12.3. The lowest BCUT2D eigenvalue weighted by Crippen LogP contribution is -2.40. The summed E-state index contributed by atoms with van der Waals surface area (Å²) in [6.45, 7) is 5.03. The molecule has 2 N–H and O–H groups in total. The number of rotatable bonds is 8. The number of ether oxygens (including phenoxy) is 1. The van der Waals surface area contributed by atoms with Gasteiger partial charge in [0, 0.05) is 30.5 Å². The molecule has 0 saturated heterocycles. The van der Waals surface area contributed by atoms with Crippen molar-refractivity contribution in [3.8, 4) is 0 Å². The summed E-state index contributed by atoms with van der Waals surface area (Å²) in [4.78, 5) is 42.1. The lowest BCUT2D eigenvalue weighted by Gasteiger charge is -2.29. The van der Waals surface area contributed by atoms with Crippen LogP contribution < -0.4 is 15.5 Å². The second-order valence-electron chi connectivity index (χ2n) is 7.01. The number of esters is 1. The number of carbonyl (C=O) groups excluding carboxylic acids is 3. The number of anilines is 2. The van der Waals surface area contributed by atoms with Gasteiger partial charge >= 0.3 is 5.97 Å². The molecule has 0 fully saturated rings. The van der Waals surface area contributed by atoms with Crippen LogP contribution in [0.25, 0.3) is 0 Å². The minimum Gasteiger partial charge on any atom is -0.462 e. The number of benzene rings is 1. The van der Waals surface area contributed by atoms with E-state index in [-0.39, 0.29) is 30.6 Å². The first-order chi connectivity index (χ1) is 14.5. The highest BCUT2D eigenvalue weighted by molar-refractivity contribution is 5.96. The van der Waals surface area contributed by atoms with Crippen LogP contribution in [0.4, 0.5) is 11.4 Å². The summed E-state index contributed by atoms with van der Waals surface area (Å²) >= 11 is 0. The van der Waals surface area contributed by atoms with Crippen LogP contribution in [-0.2, 0) is 20.7 Å². The van der Waals surface area contributed by atoms with Crippen molar-refractivity contribution in [3.63, 3.8) is 0 Å². The van der Waals surface area contributed by atoms with E-state index in [1.165, 1.54) is 6.20 Å². The second-order valence-corrected chi connectivity index (χ2v) is 7.01. The average Bonchev–Trinajstić information content (AvgIpc) is 2.76. The molecule has 1 aromatic carbocycles. The zero-order valence-electron chi connectivity index (χ0n) is 17.6. The van der Waals surface area contributed by atoms with Crippen LogP contribution in [0.2, 0.25) is 0 Å². The van der Waals surface area contributed by atoms with Gasteiger partial charge in [-0.05, 0) is 50.1 Å². The van der Waals surface area contributed by atoms with Crippen molar-refractivity contribution in [2.75, 3.05) is 29.9 Å². The molecule has 3 rings (SSSR count). The van der Waals surface area contributed by atoms with Crippen molar-refractivity contribution in [1.82, 2.24) is 10.3 Å². The summed E-state index contributed by atoms with van der Waals surface area (Å²) in [5, 5.41) is 5.50. The molecule has 0 spiro atoms. The van der Waals surface area contributed by atoms with Gasteiger partial charge < -0.3 is 20.3 Å². The van der Waals surface area contributed by atoms with Gasteiger partial charge in [-0.2, -0.15) is 0 Å². The van der Waals surface area contributed by atoms with Gasteiger partial charge in [0.15, 0.2) is 0 Å². The molecular weight excluding hydrogens is 420 g/mol. The number of carbonyl (C=O) groups is 3. The Kier molecular flexibility index (Phi) is 8.81. The van der Waals surface area contributed by atoms with Crippen molar-refractivity contribution in [2.45, 2.75) is 32.7 Å². The number of hydrogen-bond donors (Lipinski definition) is 2. The first kappa shape index (κ1) is 24.1. The minimum atomic E-state index is -0.783. The predicted molar refractivity (Wildman–Crippen MR) is 121 cm³/mol. The quantitative estimate of drug-likeness (QED) is 0.604. The largest absolute Gasteiger partial charge is 0.462 e. The monoisotopic (exact) mass is 446 g/mol. The molecule has 0 aliphatic carbocycles. The lowest BCUT2D eigenvalue weighted by molar-refractivity contribution is -0.145. The number of likely N-dealkylation sites (N-methyl/N-ethyl adjacent to an activating group) is 1. The van der Waals surface area contributed by atoms with Gasteiger partial charge in [-0.1, -0.05) is 12.1 Å². The summed E-state index contributed by atoms with van der Waals surface area (Å²) in [6, 6.07) is 10.0. The summed E-state index contributed by atoms with van der Waals surface area (Å²) in [7, 11) is 0. The second kappa shape index (κ2) is 11.3. The third-order valence-electron chi connectivity index (χ3n) is 4.95. The third kappa shape index (κ3) is 6.18. The van der Waals surface area contributed by atoms with Crippen molar-refractivity contribution >= 4 is 41.6 Å². The number of nitrogens with zero attached hydrogens (tertiary/aromatic N) is 2. The molecule has 2 heterocycles. The fourth-order valence-corrected chi connectivity index (χ4v) is 3.36. The summed E-state index contributed by atoms with van der Waals surface area (Å²) in [5.41, 5.74) is 3.21. The number of amides is 2. The van der Waals surface area contributed by atoms with E-state index in [4.69, 9.17) is 4.74 Å². The van der Waals surface area contributed by atoms with Crippen LogP contribution >= 0.6 is 12.4 Å². The summed E-state index contributed by atoms with van der Waals surface area (Å²) in [6.07, 6.45) is 2.67. The lowest BCUT2D eigenvalue weighted by atomic mass is 10.00. The van der Waals surface area contributed by atoms with Crippen LogP contribution in [0, 0.1) is 0 Å². The first-order valence-electron chi connectivity index (χ1n) is 10.0. The van der Waals surface area contributed by atoms with Crippen molar-refractivity contribution in [1.29, 1.82) is 0 Å². The SMILES string of the molecule is CCN(CCOC(=O)[C@H](C)NC(=O)c1ccccn1)c1cccc2c1CCC(=O)N2.Cl. The number of nitrogens with one attached hydrogen (secondary N) is 2. The maximum Gasteiger partial charge on any atom is 0.328 e. The fraction of sp³-hybridized carbons (Fsp3) is 0.364. The summed E-state index contributed by atoms with van der Waals surface area (Å²) in [5.74, 6) is -0.899. The Labute approximate surface area is 187 Å². The highest BCUT2D eigenvalue weighted by Crippen LogP contribution is 2.31. The van der Waals surface area contributed by atoms with Crippen molar-refractivity contribution < 1.29 is 19.1 Å². The predicted octanol–water partition coefficient (Wildman–Crippen LogP) is 2.58. The highest BCUT2D eigenvalue weighted by atomic mass is 35.5. The molecule has 166 valence electrons. The fourth-order valence-electron chi connectivity index (χ4n) is 3.36. The van der Waals surface area contributed by atoms with Crippen LogP contribution in [0.1, 0.15) is 36.3 Å². The smallest absolute Gasteiger partial charge is 0.328 e. The van der Waals surface area contributed by atoms with Gasteiger partial charge in [0.05, 0.1) is 6.54 Å². The zero-order chi connectivity index (χ0) is 21.5.